The SMILES string of the molecule is Cc1cc(C)c(C(C)NCc2ccc(Cl)cc2)c(C)n1. The molecule has 1 heterocycles. The maximum Gasteiger partial charge on any atom is 0.0426 e. The number of aromatic nitrogens is 1. The van der Waals surface area contributed by atoms with Crippen molar-refractivity contribution in [2.75, 3.05) is 0 Å². The molecule has 2 rings (SSSR count). The number of rotatable bonds is 4. The maximum absolute atomic E-state index is 5.90. The number of hydrogen-bond donors (Lipinski definition) is 1. The first-order valence-corrected chi connectivity index (χ1v) is 7.27. The van der Waals surface area contributed by atoms with E-state index in [1.807, 2.05) is 19.1 Å². The van der Waals surface area contributed by atoms with E-state index in [4.69, 9.17) is 11.6 Å². The van der Waals surface area contributed by atoms with Crippen molar-refractivity contribution in [1.82, 2.24) is 10.3 Å². The average Bonchev–Trinajstić information content (AvgIpc) is 2.37. The third kappa shape index (κ3) is 3.59. The van der Waals surface area contributed by atoms with Crippen LogP contribution >= 0.6 is 11.6 Å². The number of benzene rings is 1. The van der Waals surface area contributed by atoms with Gasteiger partial charge < -0.3 is 5.32 Å². The van der Waals surface area contributed by atoms with Gasteiger partial charge in [-0.1, -0.05) is 23.7 Å². The summed E-state index contributed by atoms with van der Waals surface area (Å²) >= 11 is 5.90. The normalized spacial score (nSPS) is 12.4. The van der Waals surface area contributed by atoms with E-state index in [1.54, 1.807) is 0 Å². The molecule has 0 fully saturated rings. The largest absolute Gasteiger partial charge is 0.306 e. The van der Waals surface area contributed by atoms with Gasteiger partial charge in [-0.2, -0.15) is 0 Å². The summed E-state index contributed by atoms with van der Waals surface area (Å²) in [6.45, 7) is 9.27. The molecule has 1 aromatic heterocycles. The summed E-state index contributed by atoms with van der Waals surface area (Å²) in [7, 11) is 0. The quantitative estimate of drug-likeness (QED) is 0.895. The molecule has 0 radical (unpaired) electrons. The van der Waals surface area contributed by atoms with Crippen molar-refractivity contribution in [2.24, 2.45) is 0 Å². The van der Waals surface area contributed by atoms with Crippen LogP contribution in [0, 0.1) is 20.8 Å². The fourth-order valence-corrected chi connectivity index (χ4v) is 2.79. The average molecular weight is 289 g/mol. The highest BCUT2D eigenvalue weighted by Crippen LogP contribution is 2.21. The smallest absolute Gasteiger partial charge is 0.0426 e. The first-order valence-electron chi connectivity index (χ1n) is 6.90. The summed E-state index contributed by atoms with van der Waals surface area (Å²) in [6, 6.07) is 10.4. The van der Waals surface area contributed by atoms with Crippen molar-refractivity contribution >= 4 is 11.6 Å². The molecule has 1 atom stereocenters. The molecule has 0 spiro atoms. The Kier molecular flexibility index (Phi) is 4.79. The standard InChI is InChI=1S/C17H21ClN2/c1-11-9-12(2)20-14(4)17(11)13(3)19-10-15-5-7-16(18)8-6-15/h5-9,13,19H,10H2,1-4H3. The van der Waals surface area contributed by atoms with E-state index < -0.39 is 0 Å². The maximum atomic E-state index is 5.90. The van der Waals surface area contributed by atoms with E-state index in [9.17, 15) is 0 Å². The first-order chi connectivity index (χ1) is 9.47. The van der Waals surface area contributed by atoms with Gasteiger partial charge in [-0.3, -0.25) is 4.98 Å². The van der Waals surface area contributed by atoms with Crippen LogP contribution in [0.3, 0.4) is 0 Å². The van der Waals surface area contributed by atoms with Gasteiger partial charge in [-0.25, -0.2) is 0 Å². The number of nitrogens with one attached hydrogen (secondary N) is 1. The van der Waals surface area contributed by atoms with Crippen LogP contribution in [-0.2, 0) is 6.54 Å². The highest BCUT2D eigenvalue weighted by atomic mass is 35.5. The van der Waals surface area contributed by atoms with Crippen LogP contribution in [-0.4, -0.2) is 4.98 Å². The third-order valence-electron chi connectivity index (χ3n) is 3.54. The van der Waals surface area contributed by atoms with Crippen LogP contribution < -0.4 is 5.32 Å². The predicted molar refractivity (Wildman–Crippen MR) is 85.2 cm³/mol. The molecule has 20 heavy (non-hydrogen) atoms. The zero-order valence-corrected chi connectivity index (χ0v) is 13.3. The first kappa shape index (κ1) is 15.0. The number of aryl methyl sites for hydroxylation is 3. The second kappa shape index (κ2) is 6.38. The summed E-state index contributed by atoms with van der Waals surface area (Å²) in [5.41, 5.74) is 6.01. The van der Waals surface area contributed by atoms with E-state index in [1.165, 1.54) is 16.7 Å². The van der Waals surface area contributed by atoms with E-state index in [0.717, 1.165) is 23.0 Å². The van der Waals surface area contributed by atoms with E-state index in [2.05, 4.69) is 49.3 Å². The molecule has 3 heteroatoms. The summed E-state index contributed by atoms with van der Waals surface area (Å²) in [5.74, 6) is 0. The minimum absolute atomic E-state index is 0.277. The second-order valence-electron chi connectivity index (χ2n) is 5.31. The van der Waals surface area contributed by atoms with Crippen LogP contribution in [0.2, 0.25) is 5.02 Å². The molecule has 0 bridgehead atoms. The van der Waals surface area contributed by atoms with Gasteiger partial charge in [0.05, 0.1) is 0 Å². The Bertz CT molecular complexity index is 567. The summed E-state index contributed by atoms with van der Waals surface area (Å²) in [6.07, 6.45) is 0. The van der Waals surface area contributed by atoms with Crippen LogP contribution in [0.1, 0.15) is 41.0 Å². The van der Waals surface area contributed by atoms with Gasteiger partial charge in [0.15, 0.2) is 0 Å². The van der Waals surface area contributed by atoms with E-state index in [-0.39, 0.29) is 6.04 Å². The number of halogens is 1. The summed E-state index contributed by atoms with van der Waals surface area (Å²) in [4.78, 5) is 4.56. The van der Waals surface area contributed by atoms with Crippen molar-refractivity contribution in [3.05, 3.63) is 63.4 Å². The van der Waals surface area contributed by atoms with Crippen LogP contribution in [0.4, 0.5) is 0 Å². The molecule has 1 unspecified atom stereocenters. The van der Waals surface area contributed by atoms with Crippen molar-refractivity contribution < 1.29 is 0 Å². The Balaban J connectivity index is 2.09. The van der Waals surface area contributed by atoms with Gasteiger partial charge in [-0.05, 0) is 62.6 Å². The number of nitrogens with zero attached hydrogens (tertiary/aromatic N) is 1. The Morgan fingerprint density at radius 3 is 2.40 bits per heavy atom. The van der Waals surface area contributed by atoms with Gasteiger partial charge in [-0.15, -0.1) is 0 Å². The molecule has 106 valence electrons. The Morgan fingerprint density at radius 2 is 1.80 bits per heavy atom. The molecular formula is C17H21ClN2. The van der Waals surface area contributed by atoms with E-state index in [0.29, 0.717) is 0 Å². The highest BCUT2D eigenvalue weighted by molar-refractivity contribution is 6.30. The second-order valence-corrected chi connectivity index (χ2v) is 5.75. The Morgan fingerprint density at radius 1 is 1.15 bits per heavy atom. The van der Waals surface area contributed by atoms with Crippen molar-refractivity contribution in [1.29, 1.82) is 0 Å². The third-order valence-corrected chi connectivity index (χ3v) is 3.79. The topological polar surface area (TPSA) is 24.9 Å². The van der Waals surface area contributed by atoms with Gasteiger partial charge >= 0.3 is 0 Å². The lowest BCUT2D eigenvalue weighted by Crippen LogP contribution is -2.20. The van der Waals surface area contributed by atoms with Crippen LogP contribution in [0.25, 0.3) is 0 Å². The molecular weight excluding hydrogens is 268 g/mol. The van der Waals surface area contributed by atoms with Crippen LogP contribution in [0.5, 0.6) is 0 Å². The summed E-state index contributed by atoms with van der Waals surface area (Å²) in [5, 5.41) is 4.33. The minimum atomic E-state index is 0.277. The van der Waals surface area contributed by atoms with Crippen molar-refractivity contribution in [2.45, 2.75) is 40.3 Å². The fraction of sp³-hybridized carbons (Fsp3) is 0.353. The molecule has 0 saturated heterocycles. The zero-order valence-electron chi connectivity index (χ0n) is 12.5. The molecule has 1 aromatic carbocycles. The Labute approximate surface area is 126 Å². The molecule has 0 aliphatic heterocycles. The lowest BCUT2D eigenvalue weighted by Gasteiger charge is -2.19. The van der Waals surface area contributed by atoms with Crippen molar-refractivity contribution in [3.63, 3.8) is 0 Å². The van der Waals surface area contributed by atoms with Crippen LogP contribution in [0.15, 0.2) is 30.3 Å². The monoisotopic (exact) mass is 288 g/mol. The van der Waals surface area contributed by atoms with Gasteiger partial charge in [0.2, 0.25) is 0 Å². The zero-order chi connectivity index (χ0) is 14.7. The van der Waals surface area contributed by atoms with Gasteiger partial charge in [0.1, 0.15) is 0 Å². The molecule has 0 aliphatic rings. The highest BCUT2D eigenvalue weighted by Gasteiger charge is 2.12. The fourth-order valence-electron chi connectivity index (χ4n) is 2.66. The van der Waals surface area contributed by atoms with Gasteiger partial charge in [0, 0.05) is 29.0 Å². The lowest BCUT2D eigenvalue weighted by atomic mass is 10.00. The van der Waals surface area contributed by atoms with Crippen molar-refractivity contribution in [3.8, 4) is 0 Å². The number of pyridine rings is 1. The Hall–Kier alpha value is -1.38. The molecule has 1 N–H and O–H groups in total. The molecule has 0 saturated carbocycles. The minimum Gasteiger partial charge on any atom is -0.306 e. The molecule has 2 aromatic rings. The molecule has 0 amide bonds. The van der Waals surface area contributed by atoms with E-state index >= 15 is 0 Å². The number of hydrogen-bond acceptors (Lipinski definition) is 2. The summed E-state index contributed by atoms with van der Waals surface area (Å²) < 4.78 is 0. The predicted octanol–water partition coefficient (Wildman–Crippen LogP) is 4.51. The molecule has 0 aliphatic carbocycles. The molecule has 2 nitrogen and oxygen atoms in total. The van der Waals surface area contributed by atoms with Gasteiger partial charge in [0.25, 0.3) is 0 Å². The lowest BCUT2D eigenvalue weighted by molar-refractivity contribution is 0.567.